The summed E-state index contributed by atoms with van der Waals surface area (Å²) in [6, 6.07) is 9.90. The molecule has 2 aromatic heterocycles. The van der Waals surface area contributed by atoms with Crippen LogP contribution in [-0.2, 0) is 0 Å². The molecule has 1 aliphatic rings. The molecule has 0 bridgehead atoms. The molecule has 4 rings (SSSR count). The number of nitrogens with one attached hydrogen (secondary N) is 1. The molecule has 7 nitrogen and oxygen atoms in total. The zero-order valence-corrected chi connectivity index (χ0v) is 17.7. The molecule has 1 fully saturated rings. The molecule has 1 aliphatic heterocycles. The summed E-state index contributed by atoms with van der Waals surface area (Å²) in [6.45, 7) is 7.68. The molecule has 1 amide bonds. The van der Waals surface area contributed by atoms with E-state index in [1.807, 2.05) is 49.1 Å². The molecule has 156 valence electrons. The van der Waals surface area contributed by atoms with Gasteiger partial charge in [0.1, 0.15) is 5.82 Å². The minimum Gasteiger partial charge on any atom is -0.368 e. The summed E-state index contributed by atoms with van der Waals surface area (Å²) in [5.41, 5.74) is 3.49. The van der Waals surface area contributed by atoms with E-state index in [0.717, 1.165) is 36.3 Å². The van der Waals surface area contributed by atoms with Gasteiger partial charge >= 0.3 is 0 Å². The van der Waals surface area contributed by atoms with Crippen LogP contribution in [0.15, 0.2) is 48.9 Å². The number of aryl methyl sites for hydroxylation is 2. The first-order valence-corrected chi connectivity index (χ1v) is 10.5. The Kier molecular flexibility index (Phi) is 5.79. The molecule has 0 aliphatic carbocycles. The third-order valence-corrected chi connectivity index (χ3v) is 5.88. The van der Waals surface area contributed by atoms with Crippen molar-refractivity contribution in [3.05, 3.63) is 65.6 Å². The molecular weight excluding hydrogens is 376 g/mol. The molecule has 1 N–H and O–H groups in total. The fourth-order valence-corrected chi connectivity index (χ4v) is 4.17. The highest BCUT2D eigenvalue weighted by Crippen LogP contribution is 2.27. The molecule has 1 aromatic carbocycles. The number of hydrogen-bond acceptors (Lipinski definition) is 5. The Balaban J connectivity index is 1.62. The molecule has 0 saturated carbocycles. The zero-order valence-electron chi connectivity index (χ0n) is 17.7. The van der Waals surface area contributed by atoms with Crippen molar-refractivity contribution in [2.24, 2.45) is 5.92 Å². The van der Waals surface area contributed by atoms with Crippen molar-refractivity contribution in [1.29, 1.82) is 0 Å². The number of nitrogens with zero attached hydrogens (tertiary/aromatic N) is 5. The number of benzene rings is 1. The molecule has 2 atom stereocenters. The SMILES string of the molecule is Cc1ccc(-n2nccn2)c(C(=O)N2CCC[C@@H](C)C2CNc2ncccc2C)c1. The van der Waals surface area contributed by atoms with Gasteiger partial charge in [-0.3, -0.25) is 4.79 Å². The van der Waals surface area contributed by atoms with Crippen LogP contribution >= 0.6 is 0 Å². The predicted octanol–water partition coefficient (Wildman–Crippen LogP) is 3.63. The molecule has 3 aromatic rings. The van der Waals surface area contributed by atoms with Gasteiger partial charge in [0.25, 0.3) is 5.91 Å². The Labute approximate surface area is 177 Å². The highest BCUT2D eigenvalue weighted by atomic mass is 16.2. The summed E-state index contributed by atoms with van der Waals surface area (Å²) in [7, 11) is 0. The lowest BCUT2D eigenvalue weighted by Gasteiger charge is -2.40. The molecule has 0 spiro atoms. The van der Waals surface area contributed by atoms with Gasteiger partial charge in [0, 0.05) is 19.3 Å². The van der Waals surface area contributed by atoms with E-state index in [2.05, 4.69) is 27.4 Å². The van der Waals surface area contributed by atoms with Crippen LogP contribution in [0.25, 0.3) is 5.69 Å². The van der Waals surface area contributed by atoms with Gasteiger partial charge in [0.05, 0.1) is 29.7 Å². The summed E-state index contributed by atoms with van der Waals surface area (Å²) in [4.78, 5) is 21.7. The fraction of sp³-hybridized carbons (Fsp3) is 0.391. The van der Waals surface area contributed by atoms with Crippen molar-refractivity contribution < 1.29 is 4.79 Å². The maximum atomic E-state index is 13.7. The van der Waals surface area contributed by atoms with E-state index in [-0.39, 0.29) is 11.9 Å². The minimum atomic E-state index is 0.0297. The van der Waals surface area contributed by atoms with Crippen molar-refractivity contribution >= 4 is 11.7 Å². The Morgan fingerprint density at radius 1 is 1.17 bits per heavy atom. The summed E-state index contributed by atoms with van der Waals surface area (Å²) >= 11 is 0. The van der Waals surface area contributed by atoms with Crippen molar-refractivity contribution in [3.63, 3.8) is 0 Å². The van der Waals surface area contributed by atoms with Crippen LogP contribution in [0, 0.1) is 19.8 Å². The largest absolute Gasteiger partial charge is 0.368 e. The van der Waals surface area contributed by atoms with E-state index in [0.29, 0.717) is 23.7 Å². The summed E-state index contributed by atoms with van der Waals surface area (Å²) in [5.74, 6) is 1.30. The first-order valence-electron chi connectivity index (χ1n) is 10.5. The third-order valence-electron chi connectivity index (χ3n) is 5.88. The van der Waals surface area contributed by atoms with Gasteiger partial charge in [0.15, 0.2) is 0 Å². The lowest BCUT2D eigenvalue weighted by Crippen LogP contribution is -2.51. The Morgan fingerprint density at radius 3 is 2.73 bits per heavy atom. The number of carbonyl (C=O) groups excluding carboxylic acids is 1. The van der Waals surface area contributed by atoms with Gasteiger partial charge in [-0.15, -0.1) is 0 Å². The molecule has 0 radical (unpaired) electrons. The standard InChI is InChI=1S/C23H28N6O/c1-16-8-9-20(29-26-11-12-27-29)19(14-16)23(30)28-13-5-7-17(2)21(28)15-25-22-18(3)6-4-10-24-22/h4,6,8-12,14,17,21H,5,7,13,15H2,1-3H3,(H,24,25)/t17-,21?/m1/s1. The van der Waals surface area contributed by atoms with Crippen LogP contribution in [0.5, 0.6) is 0 Å². The first kappa shape index (κ1) is 20.1. The van der Waals surface area contributed by atoms with Crippen LogP contribution in [0.1, 0.15) is 41.3 Å². The molecule has 30 heavy (non-hydrogen) atoms. The monoisotopic (exact) mass is 404 g/mol. The van der Waals surface area contributed by atoms with Gasteiger partial charge in [-0.1, -0.05) is 24.6 Å². The van der Waals surface area contributed by atoms with Crippen molar-refractivity contribution in [3.8, 4) is 5.69 Å². The summed E-state index contributed by atoms with van der Waals surface area (Å²) in [6.07, 6.45) is 7.16. The normalized spacial score (nSPS) is 19.0. The summed E-state index contributed by atoms with van der Waals surface area (Å²) in [5, 5.41) is 11.9. The second kappa shape index (κ2) is 8.65. The zero-order chi connectivity index (χ0) is 21.1. The molecule has 1 unspecified atom stereocenters. The number of carbonyl (C=O) groups is 1. The van der Waals surface area contributed by atoms with Crippen LogP contribution in [0.3, 0.4) is 0 Å². The van der Waals surface area contributed by atoms with Gasteiger partial charge < -0.3 is 10.2 Å². The average Bonchev–Trinajstić information content (AvgIpc) is 3.28. The van der Waals surface area contributed by atoms with E-state index < -0.39 is 0 Å². The molecule has 3 heterocycles. The van der Waals surface area contributed by atoms with Gasteiger partial charge in [-0.05, 0) is 56.4 Å². The number of anilines is 1. The second-order valence-corrected chi connectivity index (χ2v) is 8.07. The van der Waals surface area contributed by atoms with Gasteiger partial charge in [-0.25, -0.2) is 4.98 Å². The molecule has 1 saturated heterocycles. The van der Waals surface area contributed by atoms with E-state index in [9.17, 15) is 4.79 Å². The van der Waals surface area contributed by atoms with Crippen LogP contribution in [0.2, 0.25) is 0 Å². The van der Waals surface area contributed by atoms with Crippen LogP contribution < -0.4 is 5.32 Å². The van der Waals surface area contributed by atoms with E-state index in [1.54, 1.807) is 18.6 Å². The van der Waals surface area contributed by atoms with Crippen molar-refractivity contribution in [1.82, 2.24) is 24.9 Å². The highest BCUT2D eigenvalue weighted by Gasteiger charge is 2.33. The Bertz CT molecular complexity index is 1020. The fourth-order valence-electron chi connectivity index (χ4n) is 4.17. The number of pyridine rings is 1. The number of piperidine rings is 1. The van der Waals surface area contributed by atoms with E-state index in [4.69, 9.17) is 0 Å². The number of amides is 1. The van der Waals surface area contributed by atoms with E-state index in [1.165, 1.54) is 4.80 Å². The minimum absolute atomic E-state index is 0.0297. The van der Waals surface area contributed by atoms with E-state index >= 15 is 0 Å². The number of aromatic nitrogens is 4. The van der Waals surface area contributed by atoms with Crippen LogP contribution in [-0.4, -0.2) is 49.9 Å². The number of hydrogen-bond donors (Lipinski definition) is 1. The highest BCUT2D eigenvalue weighted by molar-refractivity contribution is 5.98. The molecular formula is C23H28N6O. The first-order chi connectivity index (χ1) is 14.5. The quantitative estimate of drug-likeness (QED) is 0.703. The summed E-state index contributed by atoms with van der Waals surface area (Å²) < 4.78 is 0. The lowest BCUT2D eigenvalue weighted by molar-refractivity contribution is 0.0539. The maximum Gasteiger partial charge on any atom is 0.256 e. The van der Waals surface area contributed by atoms with Crippen LogP contribution in [0.4, 0.5) is 5.82 Å². The van der Waals surface area contributed by atoms with Gasteiger partial charge in [0.2, 0.25) is 0 Å². The second-order valence-electron chi connectivity index (χ2n) is 8.07. The molecule has 7 heteroatoms. The predicted molar refractivity (Wildman–Crippen MR) is 117 cm³/mol. The maximum absolute atomic E-state index is 13.7. The third kappa shape index (κ3) is 4.06. The van der Waals surface area contributed by atoms with Gasteiger partial charge in [-0.2, -0.15) is 15.0 Å². The Hall–Kier alpha value is -3.22. The van der Waals surface area contributed by atoms with Crippen molar-refractivity contribution in [2.45, 2.75) is 39.7 Å². The smallest absolute Gasteiger partial charge is 0.256 e. The number of rotatable bonds is 5. The Morgan fingerprint density at radius 2 is 1.97 bits per heavy atom. The average molecular weight is 405 g/mol. The lowest BCUT2D eigenvalue weighted by atomic mass is 9.89. The topological polar surface area (TPSA) is 75.9 Å². The van der Waals surface area contributed by atoms with Crippen molar-refractivity contribution in [2.75, 3.05) is 18.4 Å². The number of likely N-dealkylation sites (tertiary alicyclic amines) is 1.